The highest BCUT2D eigenvalue weighted by Gasteiger charge is 2.46. The summed E-state index contributed by atoms with van der Waals surface area (Å²) in [6.45, 7) is -0.544. The largest absolute Gasteiger partial charge is 0.373 e. The Bertz CT molecular complexity index is 501. The summed E-state index contributed by atoms with van der Waals surface area (Å²) in [5.41, 5.74) is 0.840. The maximum Gasteiger partial charge on any atom is 0.317 e. The Hall–Kier alpha value is -1.28. The minimum Gasteiger partial charge on any atom is -0.373 e. The lowest BCUT2D eigenvalue weighted by molar-refractivity contribution is -0.0222. The number of hydrogen-bond acceptors (Lipinski definition) is 3. The number of pyridine rings is 1. The molecule has 1 aromatic rings. The molecule has 0 spiro atoms. The fourth-order valence-corrected chi connectivity index (χ4v) is 2.18. The number of hydrogen-bond donors (Lipinski definition) is 1. The van der Waals surface area contributed by atoms with Crippen LogP contribution in [-0.4, -0.2) is 48.1 Å². The summed E-state index contributed by atoms with van der Waals surface area (Å²) in [6.07, 6.45) is 3.21. The molecule has 1 aliphatic heterocycles. The topological polar surface area (TPSA) is 54.5 Å². The van der Waals surface area contributed by atoms with E-state index >= 15 is 0 Å². The van der Waals surface area contributed by atoms with Crippen LogP contribution in [-0.2, 0) is 11.3 Å². The molecular weight excluding hydrogens is 336 g/mol. The van der Waals surface area contributed by atoms with Gasteiger partial charge in [-0.25, -0.2) is 13.6 Å². The predicted molar refractivity (Wildman–Crippen MR) is 71.5 cm³/mol. The number of halogens is 3. The van der Waals surface area contributed by atoms with Crippen molar-refractivity contribution in [1.82, 2.24) is 15.2 Å². The predicted octanol–water partition coefficient (Wildman–Crippen LogP) is 2.02. The number of nitrogens with zero attached hydrogens (tertiary/aromatic N) is 2. The van der Waals surface area contributed by atoms with E-state index in [0.29, 0.717) is 0 Å². The van der Waals surface area contributed by atoms with Crippen LogP contribution in [0.15, 0.2) is 22.9 Å². The highest BCUT2D eigenvalue weighted by atomic mass is 79.9. The van der Waals surface area contributed by atoms with E-state index in [1.54, 1.807) is 18.5 Å². The van der Waals surface area contributed by atoms with E-state index in [4.69, 9.17) is 4.74 Å². The third-order valence-corrected chi connectivity index (χ3v) is 3.71. The Kier molecular flexibility index (Phi) is 4.54. The zero-order valence-corrected chi connectivity index (χ0v) is 12.4. The molecule has 110 valence electrons. The normalized spacial score (nSPS) is 20.7. The number of alkyl halides is 2. The smallest absolute Gasteiger partial charge is 0.317 e. The average Bonchev–Trinajstić information content (AvgIpc) is 2.71. The van der Waals surface area contributed by atoms with Gasteiger partial charge in [-0.1, -0.05) is 0 Å². The molecule has 0 bridgehead atoms. The van der Waals surface area contributed by atoms with Crippen LogP contribution < -0.4 is 5.32 Å². The molecule has 1 aromatic heterocycles. The van der Waals surface area contributed by atoms with Crippen molar-refractivity contribution in [2.45, 2.75) is 18.5 Å². The van der Waals surface area contributed by atoms with Gasteiger partial charge in [-0.05, 0) is 27.6 Å². The zero-order valence-electron chi connectivity index (χ0n) is 10.8. The van der Waals surface area contributed by atoms with Crippen molar-refractivity contribution in [3.05, 3.63) is 28.5 Å². The zero-order chi connectivity index (χ0) is 14.8. The van der Waals surface area contributed by atoms with Crippen LogP contribution in [0.5, 0.6) is 0 Å². The van der Waals surface area contributed by atoms with Gasteiger partial charge in [0.15, 0.2) is 0 Å². The fraction of sp³-hybridized carbons (Fsp3) is 0.500. The quantitative estimate of drug-likeness (QED) is 0.908. The van der Waals surface area contributed by atoms with Gasteiger partial charge in [-0.15, -0.1) is 0 Å². The van der Waals surface area contributed by atoms with Gasteiger partial charge in [-0.3, -0.25) is 4.98 Å². The highest BCUT2D eigenvalue weighted by molar-refractivity contribution is 9.10. The molecule has 2 heterocycles. The lowest BCUT2D eigenvalue weighted by Gasteiger charge is -2.23. The first kappa shape index (κ1) is 15.1. The van der Waals surface area contributed by atoms with Crippen molar-refractivity contribution in [3.8, 4) is 0 Å². The standard InChI is InChI=1S/C12H14BrF2N3O2/c1-18(5-8-2-3-16-4-9(8)13)11(19)17-10-6-20-7-12(10,14)15/h2-4,10H,5-7H2,1H3,(H,17,19). The molecule has 2 amide bonds. The number of nitrogens with one attached hydrogen (secondary N) is 1. The second-order valence-corrected chi connectivity index (χ2v) is 5.46. The summed E-state index contributed by atoms with van der Waals surface area (Å²) in [7, 11) is 1.54. The molecule has 1 aliphatic rings. The van der Waals surface area contributed by atoms with Crippen LogP contribution in [0.3, 0.4) is 0 Å². The van der Waals surface area contributed by atoms with Gasteiger partial charge in [0.2, 0.25) is 0 Å². The molecule has 20 heavy (non-hydrogen) atoms. The first-order valence-corrected chi connectivity index (χ1v) is 6.75. The van der Waals surface area contributed by atoms with Crippen LogP contribution in [0.4, 0.5) is 13.6 Å². The van der Waals surface area contributed by atoms with Crippen LogP contribution in [0.1, 0.15) is 5.56 Å². The summed E-state index contributed by atoms with van der Waals surface area (Å²) in [5, 5.41) is 2.29. The number of carbonyl (C=O) groups is 1. The monoisotopic (exact) mass is 349 g/mol. The van der Waals surface area contributed by atoms with Crippen LogP contribution in [0.2, 0.25) is 0 Å². The molecule has 1 N–H and O–H groups in total. The number of ether oxygens (including phenoxy) is 1. The number of urea groups is 1. The molecule has 1 atom stereocenters. The highest BCUT2D eigenvalue weighted by Crippen LogP contribution is 2.25. The second kappa shape index (κ2) is 6.01. The third kappa shape index (κ3) is 3.43. The SMILES string of the molecule is CN(Cc1ccncc1Br)C(=O)NC1COCC1(F)F. The molecule has 1 saturated heterocycles. The van der Waals surface area contributed by atoms with Crippen molar-refractivity contribution in [3.63, 3.8) is 0 Å². The molecule has 0 aliphatic carbocycles. The Labute approximate surface area is 123 Å². The van der Waals surface area contributed by atoms with Gasteiger partial charge in [0.25, 0.3) is 5.92 Å². The fourth-order valence-electron chi connectivity index (χ4n) is 1.80. The van der Waals surface area contributed by atoms with E-state index in [-0.39, 0.29) is 13.2 Å². The number of aromatic nitrogens is 1. The van der Waals surface area contributed by atoms with Gasteiger partial charge in [0.1, 0.15) is 12.6 Å². The van der Waals surface area contributed by atoms with Gasteiger partial charge in [0, 0.05) is 30.5 Å². The van der Waals surface area contributed by atoms with E-state index in [0.717, 1.165) is 10.0 Å². The van der Waals surface area contributed by atoms with Gasteiger partial charge >= 0.3 is 6.03 Å². The number of amides is 2. The first-order chi connectivity index (χ1) is 9.40. The van der Waals surface area contributed by atoms with Gasteiger partial charge in [-0.2, -0.15) is 0 Å². The minimum atomic E-state index is -3.02. The lowest BCUT2D eigenvalue weighted by Crippen LogP contribution is -2.50. The summed E-state index contributed by atoms with van der Waals surface area (Å²) < 4.78 is 32.1. The summed E-state index contributed by atoms with van der Waals surface area (Å²) >= 11 is 3.32. The van der Waals surface area contributed by atoms with Crippen LogP contribution in [0.25, 0.3) is 0 Å². The van der Waals surface area contributed by atoms with Crippen LogP contribution >= 0.6 is 15.9 Å². The molecule has 1 unspecified atom stereocenters. The summed E-state index contributed by atoms with van der Waals surface area (Å²) in [4.78, 5) is 17.1. The van der Waals surface area contributed by atoms with Crippen LogP contribution in [0, 0.1) is 0 Å². The molecule has 0 radical (unpaired) electrons. The van der Waals surface area contributed by atoms with E-state index in [2.05, 4.69) is 26.2 Å². The minimum absolute atomic E-state index is 0.175. The van der Waals surface area contributed by atoms with Gasteiger partial charge < -0.3 is 15.0 Å². The average molecular weight is 350 g/mol. The number of rotatable bonds is 3. The molecule has 0 saturated carbocycles. The summed E-state index contributed by atoms with van der Waals surface area (Å²) in [6, 6.07) is -0.0940. The first-order valence-electron chi connectivity index (χ1n) is 5.96. The third-order valence-electron chi connectivity index (χ3n) is 3.00. The Morgan fingerprint density at radius 3 is 3.05 bits per heavy atom. The lowest BCUT2D eigenvalue weighted by atomic mass is 10.2. The Morgan fingerprint density at radius 1 is 1.70 bits per heavy atom. The molecule has 2 rings (SSSR count). The Morgan fingerprint density at radius 2 is 2.45 bits per heavy atom. The molecular formula is C12H14BrF2N3O2. The van der Waals surface area contributed by atoms with Crippen molar-refractivity contribution < 1.29 is 18.3 Å². The van der Waals surface area contributed by atoms with E-state index in [1.165, 1.54) is 11.9 Å². The van der Waals surface area contributed by atoms with E-state index in [9.17, 15) is 13.6 Å². The van der Waals surface area contributed by atoms with Crippen molar-refractivity contribution in [1.29, 1.82) is 0 Å². The molecule has 5 nitrogen and oxygen atoms in total. The maximum atomic E-state index is 13.3. The Balaban J connectivity index is 1.94. The number of carbonyl (C=O) groups excluding carboxylic acids is 1. The summed E-state index contributed by atoms with van der Waals surface area (Å²) in [5.74, 6) is -3.02. The molecule has 0 aromatic carbocycles. The van der Waals surface area contributed by atoms with Gasteiger partial charge in [0.05, 0.1) is 6.61 Å². The van der Waals surface area contributed by atoms with Crippen molar-refractivity contribution >= 4 is 22.0 Å². The van der Waals surface area contributed by atoms with Crippen molar-refractivity contribution in [2.24, 2.45) is 0 Å². The molecule has 8 heteroatoms. The second-order valence-electron chi connectivity index (χ2n) is 4.60. The molecule has 1 fully saturated rings. The maximum absolute atomic E-state index is 13.3. The van der Waals surface area contributed by atoms with Crippen molar-refractivity contribution in [2.75, 3.05) is 20.3 Å². The van der Waals surface area contributed by atoms with E-state index < -0.39 is 24.6 Å². The van der Waals surface area contributed by atoms with E-state index in [1.807, 2.05) is 0 Å².